The lowest BCUT2D eigenvalue weighted by Crippen LogP contribution is -2.48. The van der Waals surface area contributed by atoms with Gasteiger partial charge >= 0.3 is 0 Å². The smallest absolute Gasteiger partial charge is 0.292 e. The Morgan fingerprint density at radius 1 is 1.00 bits per heavy atom. The number of carbonyl (C=O) groups is 2. The van der Waals surface area contributed by atoms with Gasteiger partial charge in [0.15, 0.2) is 17.3 Å². The molecule has 1 saturated heterocycles. The average molecular weight is 585 g/mol. The fourth-order valence-corrected chi connectivity index (χ4v) is 6.01. The SMILES string of the molecule is O=C(NC(CN1CCCC1)C(O)c1cc(F)c2c(c1)OCCO2)C(=O)c1ccc(-c2ccc3cnn(C4CC4)c3c2)cc1. The van der Waals surface area contributed by atoms with Gasteiger partial charge in [-0.05, 0) is 73.7 Å². The summed E-state index contributed by atoms with van der Waals surface area (Å²) in [6.45, 7) is 2.46. The topological polar surface area (TPSA) is 106 Å². The lowest BCUT2D eigenvalue weighted by molar-refractivity contribution is -0.118. The number of aromatic nitrogens is 2. The van der Waals surface area contributed by atoms with Gasteiger partial charge in [-0.1, -0.05) is 36.4 Å². The number of nitrogens with zero attached hydrogens (tertiary/aromatic N) is 3. The number of hydrogen-bond donors (Lipinski definition) is 2. The van der Waals surface area contributed by atoms with Gasteiger partial charge in [-0.3, -0.25) is 14.3 Å². The Morgan fingerprint density at radius 2 is 1.74 bits per heavy atom. The molecule has 0 spiro atoms. The summed E-state index contributed by atoms with van der Waals surface area (Å²) < 4.78 is 27.7. The van der Waals surface area contributed by atoms with E-state index in [1.807, 2.05) is 30.5 Å². The summed E-state index contributed by atoms with van der Waals surface area (Å²) in [6, 6.07) is 15.4. The van der Waals surface area contributed by atoms with Crippen LogP contribution in [0.15, 0.2) is 60.8 Å². The van der Waals surface area contributed by atoms with Crippen LogP contribution in [0, 0.1) is 5.82 Å². The fraction of sp³-hybridized carbons (Fsp3) is 0.364. The number of likely N-dealkylation sites (tertiary alicyclic amines) is 1. The Kier molecular flexibility index (Phi) is 7.32. The highest BCUT2D eigenvalue weighted by molar-refractivity contribution is 6.42. The van der Waals surface area contributed by atoms with Crippen LogP contribution in [0.3, 0.4) is 0 Å². The second-order valence-corrected chi connectivity index (χ2v) is 11.6. The van der Waals surface area contributed by atoms with Crippen LogP contribution in [0.2, 0.25) is 0 Å². The van der Waals surface area contributed by atoms with Gasteiger partial charge in [0, 0.05) is 17.5 Å². The Balaban J connectivity index is 1.08. The van der Waals surface area contributed by atoms with E-state index in [0.717, 1.165) is 60.8 Å². The molecule has 3 aromatic carbocycles. The van der Waals surface area contributed by atoms with Crippen molar-refractivity contribution in [2.24, 2.45) is 0 Å². The van der Waals surface area contributed by atoms with Gasteiger partial charge in [-0.2, -0.15) is 5.10 Å². The van der Waals surface area contributed by atoms with E-state index in [-0.39, 0.29) is 35.8 Å². The highest BCUT2D eigenvalue weighted by Gasteiger charge is 2.31. The monoisotopic (exact) mass is 584 g/mol. The van der Waals surface area contributed by atoms with Gasteiger partial charge in [-0.25, -0.2) is 4.39 Å². The first-order chi connectivity index (χ1) is 20.9. The third-order valence-electron chi connectivity index (χ3n) is 8.49. The molecule has 1 saturated carbocycles. The maximum absolute atomic E-state index is 14.8. The molecule has 2 fully saturated rings. The molecule has 9 nitrogen and oxygen atoms in total. The van der Waals surface area contributed by atoms with Crippen molar-refractivity contribution in [1.82, 2.24) is 20.0 Å². The van der Waals surface area contributed by atoms with Crippen molar-refractivity contribution in [3.63, 3.8) is 0 Å². The molecule has 3 aliphatic rings. The number of ether oxygens (including phenoxy) is 2. The van der Waals surface area contributed by atoms with E-state index >= 15 is 0 Å². The second-order valence-electron chi connectivity index (χ2n) is 11.6. The summed E-state index contributed by atoms with van der Waals surface area (Å²) in [7, 11) is 0. The van der Waals surface area contributed by atoms with Crippen LogP contribution in [0.1, 0.15) is 53.8 Å². The Morgan fingerprint density at radius 3 is 2.51 bits per heavy atom. The predicted molar refractivity (Wildman–Crippen MR) is 158 cm³/mol. The van der Waals surface area contributed by atoms with Crippen molar-refractivity contribution in [2.75, 3.05) is 32.8 Å². The predicted octanol–water partition coefficient (Wildman–Crippen LogP) is 4.45. The number of benzene rings is 3. The van der Waals surface area contributed by atoms with Crippen LogP contribution in [0.5, 0.6) is 11.5 Å². The number of ketones is 1. The zero-order chi connectivity index (χ0) is 29.5. The number of aliphatic hydroxyl groups is 1. The van der Waals surface area contributed by atoms with Crippen LogP contribution in [-0.4, -0.2) is 70.4 Å². The summed E-state index contributed by atoms with van der Waals surface area (Å²) in [5.41, 5.74) is 3.48. The minimum atomic E-state index is -1.27. The number of fused-ring (bicyclic) bond motifs is 2. The summed E-state index contributed by atoms with van der Waals surface area (Å²) in [6.07, 6.45) is 4.92. The Labute approximate surface area is 248 Å². The lowest BCUT2D eigenvalue weighted by Gasteiger charge is -2.29. The highest BCUT2D eigenvalue weighted by Crippen LogP contribution is 2.38. The molecule has 43 heavy (non-hydrogen) atoms. The summed E-state index contributed by atoms with van der Waals surface area (Å²) in [4.78, 5) is 28.6. The van der Waals surface area contributed by atoms with Gasteiger partial charge < -0.3 is 24.8 Å². The van der Waals surface area contributed by atoms with Crippen molar-refractivity contribution in [2.45, 2.75) is 43.9 Å². The summed E-state index contributed by atoms with van der Waals surface area (Å²) in [5.74, 6) is -1.97. The van der Waals surface area contributed by atoms with Crippen molar-refractivity contribution in [3.8, 4) is 22.6 Å². The minimum Gasteiger partial charge on any atom is -0.486 e. The van der Waals surface area contributed by atoms with Gasteiger partial charge in [-0.15, -0.1) is 0 Å². The van der Waals surface area contributed by atoms with Crippen molar-refractivity contribution >= 4 is 22.6 Å². The molecule has 222 valence electrons. The second kappa shape index (κ2) is 11.4. The van der Waals surface area contributed by atoms with E-state index < -0.39 is 29.7 Å². The fourth-order valence-electron chi connectivity index (χ4n) is 6.01. The first kappa shape index (κ1) is 27.5. The number of halogens is 1. The molecule has 4 aromatic rings. The number of rotatable bonds is 9. The third kappa shape index (κ3) is 5.60. The average Bonchev–Trinajstić information content (AvgIpc) is 3.57. The molecular formula is C33H33FN4O5. The number of hydrogen-bond acceptors (Lipinski definition) is 7. The molecule has 3 heterocycles. The molecule has 2 unspecified atom stereocenters. The Bertz CT molecular complexity index is 1680. The molecule has 1 aliphatic carbocycles. The van der Waals surface area contributed by atoms with Crippen molar-refractivity contribution in [3.05, 3.63) is 77.7 Å². The lowest BCUT2D eigenvalue weighted by atomic mass is 9.99. The minimum absolute atomic E-state index is 0.00872. The molecule has 2 atom stereocenters. The van der Waals surface area contributed by atoms with E-state index in [2.05, 4.69) is 26.1 Å². The molecule has 1 amide bonds. The summed E-state index contributed by atoms with van der Waals surface area (Å²) >= 11 is 0. The first-order valence-electron chi connectivity index (χ1n) is 14.9. The van der Waals surface area contributed by atoms with Gasteiger partial charge in [0.25, 0.3) is 5.91 Å². The number of Topliss-reactive ketones (excluding diaryl/α,β-unsaturated/α-hetero) is 1. The van der Waals surface area contributed by atoms with Crippen LogP contribution in [0.25, 0.3) is 22.0 Å². The third-order valence-corrected chi connectivity index (χ3v) is 8.49. The molecule has 0 bridgehead atoms. The largest absolute Gasteiger partial charge is 0.486 e. The maximum atomic E-state index is 14.8. The van der Waals surface area contributed by atoms with Crippen LogP contribution in [-0.2, 0) is 4.79 Å². The standard InChI is InChI=1S/C33H33FN4O5/c34-26-15-24(17-29-32(26)43-14-13-42-29)30(39)27(19-37-11-1-2-12-37)36-33(41)31(40)21-5-3-20(4-6-21)22-7-8-23-18-35-38(25-9-10-25)28(23)16-22/h3-8,15-18,25,27,30,39H,1-2,9-14,19H2,(H,36,41). The Hall–Kier alpha value is -4.28. The number of aliphatic hydroxyl groups excluding tert-OH is 1. The van der Waals surface area contributed by atoms with Gasteiger partial charge in [0.1, 0.15) is 19.3 Å². The first-order valence-corrected chi connectivity index (χ1v) is 14.9. The zero-order valence-corrected chi connectivity index (χ0v) is 23.7. The number of amides is 1. The normalized spacial score (nSPS) is 18.0. The van der Waals surface area contributed by atoms with E-state index in [1.54, 1.807) is 12.1 Å². The molecule has 2 aliphatic heterocycles. The quantitative estimate of drug-likeness (QED) is 0.221. The van der Waals surface area contributed by atoms with Crippen LogP contribution >= 0.6 is 0 Å². The van der Waals surface area contributed by atoms with Crippen molar-refractivity contribution < 1.29 is 28.6 Å². The molecule has 10 heteroatoms. The van der Waals surface area contributed by atoms with E-state index in [0.29, 0.717) is 12.6 Å². The van der Waals surface area contributed by atoms with Gasteiger partial charge in [0.05, 0.1) is 23.8 Å². The number of nitrogens with one attached hydrogen (secondary N) is 1. The van der Waals surface area contributed by atoms with Crippen molar-refractivity contribution in [1.29, 1.82) is 0 Å². The zero-order valence-electron chi connectivity index (χ0n) is 23.7. The summed E-state index contributed by atoms with van der Waals surface area (Å²) in [5, 5.41) is 19.7. The molecule has 2 N–H and O–H groups in total. The van der Waals surface area contributed by atoms with E-state index in [9.17, 15) is 19.1 Å². The molecule has 7 rings (SSSR count). The van der Waals surface area contributed by atoms with E-state index in [4.69, 9.17) is 9.47 Å². The van der Waals surface area contributed by atoms with Crippen LogP contribution < -0.4 is 14.8 Å². The van der Waals surface area contributed by atoms with E-state index in [1.165, 1.54) is 12.1 Å². The number of carbonyl (C=O) groups excluding carboxylic acids is 2. The molecular weight excluding hydrogens is 551 g/mol. The van der Waals surface area contributed by atoms with Gasteiger partial charge in [0.2, 0.25) is 5.78 Å². The highest BCUT2D eigenvalue weighted by atomic mass is 19.1. The van der Waals surface area contributed by atoms with Crippen LogP contribution in [0.4, 0.5) is 4.39 Å². The maximum Gasteiger partial charge on any atom is 0.292 e. The molecule has 0 radical (unpaired) electrons. The molecule has 1 aromatic heterocycles.